The number of aliphatic imine (C=N–C) groups is 1. The molecule has 0 aliphatic carbocycles. The minimum atomic E-state index is -0.833. The van der Waals surface area contributed by atoms with Crippen LogP contribution in [0.2, 0.25) is 0 Å². The van der Waals surface area contributed by atoms with Gasteiger partial charge in [-0.2, -0.15) is 0 Å². The normalized spacial score (nSPS) is 14.6. The van der Waals surface area contributed by atoms with Crippen LogP contribution in [-0.2, 0) is 9.59 Å². The zero-order valence-corrected chi connectivity index (χ0v) is 18.8. The van der Waals surface area contributed by atoms with E-state index < -0.39 is 5.97 Å². The first-order valence-corrected chi connectivity index (χ1v) is 11.0. The molecule has 0 unspecified atom stereocenters. The van der Waals surface area contributed by atoms with Gasteiger partial charge in [-0.25, -0.2) is 0 Å². The van der Waals surface area contributed by atoms with Crippen LogP contribution in [0.25, 0.3) is 16.8 Å². The molecule has 1 amide bonds. The van der Waals surface area contributed by atoms with Gasteiger partial charge in [0.1, 0.15) is 0 Å². The molecule has 2 heterocycles. The van der Waals surface area contributed by atoms with Gasteiger partial charge in [0.25, 0.3) is 5.97 Å². The van der Waals surface area contributed by atoms with Crippen molar-refractivity contribution in [2.45, 2.75) is 6.92 Å². The Morgan fingerprint density at radius 1 is 1.21 bits per heavy atom. The zero-order chi connectivity index (χ0) is 20.1. The summed E-state index contributed by atoms with van der Waals surface area (Å²) in [6.07, 6.45) is 1.89. The Bertz CT molecular complexity index is 1100. The minimum absolute atomic E-state index is 0.210. The summed E-state index contributed by atoms with van der Waals surface area (Å²) in [6.45, 7) is 1.08. The number of carbonyl (C=O) groups is 2. The average molecular weight is 419 g/mol. The second-order valence-corrected chi connectivity index (χ2v) is 8.79. The number of thiazole rings is 1. The maximum atomic E-state index is 12.1. The van der Waals surface area contributed by atoms with Crippen molar-refractivity contribution >= 4 is 93.0 Å². The fraction of sp³-hybridized carbons (Fsp3) is 0.0526. The van der Waals surface area contributed by atoms with E-state index in [4.69, 9.17) is 9.90 Å². The molecule has 1 aliphatic rings. The Labute approximate surface area is 187 Å². The number of carbonyl (C=O) groups excluding carboxylic acids is 1. The van der Waals surface area contributed by atoms with Gasteiger partial charge < -0.3 is 5.11 Å². The number of rotatable bonds is 2. The molecule has 4 rings (SSSR count). The zero-order valence-electron chi connectivity index (χ0n) is 15.2. The molecule has 0 spiro atoms. The fourth-order valence-corrected chi connectivity index (χ4v) is 4.72. The van der Waals surface area contributed by atoms with Crippen LogP contribution in [0.4, 0.5) is 5.13 Å². The number of hydrogen-bond acceptors (Lipinski definition) is 6. The van der Waals surface area contributed by atoms with E-state index in [-0.39, 0.29) is 5.91 Å². The van der Waals surface area contributed by atoms with E-state index in [1.807, 2.05) is 29.7 Å². The van der Waals surface area contributed by atoms with Crippen molar-refractivity contribution in [1.29, 1.82) is 0 Å². The van der Waals surface area contributed by atoms with Crippen LogP contribution in [0.15, 0.2) is 57.7 Å². The second-order valence-electron chi connectivity index (χ2n) is 5.88. The summed E-state index contributed by atoms with van der Waals surface area (Å²) in [5.74, 6) is -1.04. The van der Waals surface area contributed by atoms with Gasteiger partial charge >= 0.3 is 147 Å². The summed E-state index contributed by atoms with van der Waals surface area (Å²) >= 11 is 3.80. The van der Waals surface area contributed by atoms with Gasteiger partial charge in [0.05, 0.1) is 0 Å². The van der Waals surface area contributed by atoms with E-state index in [2.05, 4.69) is 39.6 Å². The third-order valence-electron chi connectivity index (χ3n) is 3.52. The first-order chi connectivity index (χ1) is 13.4. The molecule has 6 nitrogen and oxygen atoms in total. The molecular weight excluding hydrogens is 405 g/mol. The summed E-state index contributed by atoms with van der Waals surface area (Å²) < 4.78 is 1.09. The van der Waals surface area contributed by atoms with E-state index in [0.29, 0.717) is 10.1 Å². The number of hydrogen-bond donors (Lipinski definition) is 2. The standard InChI is InChI=1S/C17H10N3OS2.C2H4O2.Na/c21-15-14(23-17(19-15)20-16-18-7-8-22-16)10-11-5-6-12-3-1-2-4-13(12)9-11;1-2(3)4;/h1-6,8-10H,(H,18,19,20,21);1H3,(H,3,4);/b14-10-;;. The number of nitrogens with one attached hydrogen (secondary N) is 1. The van der Waals surface area contributed by atoms with Crippen molar-refractivity contribution in [2.75, 3.05) is 5.32 Å². The van der Waals surface area contributed by atoms with E-state index in [9.17, 15) is 4.79 Å². The number of thioether (sulfide) groups is 1. The molecule has 0 bridgehead atoms. The van der Waals surface area contributed by atoms with Crippen LogP contribution < -0.4 is 8.26 Å². The first-order valence-electron chi connectivity index (χ1n) is 8.31. The van der Waals surface area contributed by atoms with Crippen molar-refractivity contribution in [3.8, 4) is 0 Å². The van der Waals surface area contributed by atoms with Gasteiger partial charge in [0.15, 0.2) is 0 Å². The van der Waals surface area contributed by atoms with Gasteiger partial charge in [-0.1, -0.05) is 18.2 Å². The fourth-order valence-electron chi connectivity index (χ4n) is 2.41. The molecular formula is C19H14N3NaO3S2. The molecule has 0 radical (unpaired) electrons. The third-order valence-corrected chi connectivity index (χ3v) is 6.23. The monoisotopic (exact) mass is 419 g/mol. The van der Waals surface area contributed by atoms with Crippen molar-refractivity contribution in [3.63, 3.8) is 0 Å². The molecule has 2 aromatic carbocycles. The van der Waals surface area contributed by atoms with Gasteiger partial charge in [-0.05, 0) is 0 Å². The Morgan fingerprint density at radius 2 is 1.93 bits per heavy atom. The summed E-state index contributed by atoms with van der Waals surface area (Å²) in [7, 11) is 0. The third kappa shape index (κ3) is 5.76. The van der Waals surface area contributed by atoms with Gasteiger partial charge in [-0.15, -0.1) is 0 Å². The Morgan fingerprint density at radius 3 is 2.61 bits per heavy atom. The van der Waals surface area contributed by atoms with Crippen LogP contribution in [-0.4, -0.2) is 55.1 Å². The summed E-state index contributed by atoms with van der Waals surface area (Å²) in [6, 6.07) is 14.3. The predicted octanol–water partition coefficient (Wildman–Crippen LogP) is 3.26. The number of nitrogens with zero attached hydrogens (tertiary/aromatic N) is 2. The molecule has 0 saturated carbocycles. The van der Waals surface area contributed by atoms with E-state index >= 15 is 0 Å². The molecule has 0 fully saturated rings. The molecule has 136 valence electrons. The molecule has 28 heavy (non-hydrogen) atoms. The number of aliphatic carboxylic acids is 1. The van der Waals surface area contributed by atoms with Crippen molar-refractivity contribution in [2.24, 2.45) is 4.99 Å². The molecule has 2 N–H and O–H groups in total. The Hall–Kier alpha value is -1.97. The topological polar surface area (TPSA) is 91.6 Å². The van der Waals surface area contributed by atoms with Crippen LogP contribution in [0.3, 0.4) is 0 Å². The number of amides is 1. The Balaban J connectivity index is 0.000000516. The number of carboxylic acid groups (broad SMARTS) is 1. The number of benzene rings is 2. The average Bonchev–Trinajstić information content (AvgIpc) is 3.20. The van der Waals surface area contributed by atoms with E-state index in [1.165, 1.54) is 28.5 Å². The molecule has 0 saturated heterocycles. The summed E-state index contributed by atoms with van der Waals surface area (Å²) in [4.78, 5) is 30.2. The molecule has 1 aromatic heterocycles. The Kier molecular flexibility index (Phi) is 7.03. The SMILES string of the molecule is CC(=O)O.O=C1N=C(Nc2n[c]([Na])cs2)S/C1=C\c1ccc2ccccc2c1. The summed E-state index contributed by atoms with van der Waals surface area (Å²) in [5.41, 5.74) is 0.997. The van der Waals surface area contributed by atoms with Gasteiger partial charge in [-0.3, -0.25) is 4.79 Å². The molecule has 1 aliphatic heterocycles. The van der Waals surface area contributed by atoms with E-state index in [1.54, 1.807) is 0 Å². The summed E-state index contributed by atoms with van der Waals surface area (Å²) in [5, 5.41) is 16.3. The van der Waals surface area contributed by atoms with Gasteiger partial charge in [0.2, 0.25) is 0 Å². The number of amidine groups is 1. The predicted molar refractivity (Wildman–Crippen MR) is 116 cm³/mol. The van der Waals surface area contributed by atoms with Crippen LogP contribution in [0, 0.1) is 0 Å². The number of fused-ring (bicyclic) bond motifs is 1. The van der Waals surface area contributed by atoms with Crippen LogP contribution in [0.1, 0.15) is 12.5 Å². The van der Waals surface area contributed by atoms with Crippen molar-refractivity contribution in [1.82, 2.24) is 4.98 Å². The number of carboxylic acids is 1. The quantitative estimate of drug-likeness (QED) is 0.489. The maximum absolute atomic E-state index is 12.1. The molecule has 3 aromatic rings. The number of anilines is 1. The van der Waals surface area contributed by atoms with Gasteiger partial charge in [0, 0.05) is 6.92 Å². The van der Waals surface area contributed by atoms with Crippen LogP contribution >= 0.6 is 23.1 Å². The molecule has 0 atom stereocenters. The van der Waals surface area contributed by atoms with Crippen molar-refractivity contribution < 1.29 is 14.7 Å². The van der Waals surface area contributed by atoms with Crippen LogP contribution in [0.5, 0.6) is 0 Å². The number of aromatic nitrogens is 1. The molecule has 9 heteroatoms. The van der Waals surface area contributed by atoms with Crippen molar-refractivity contribution in [3.05, 3.63) is 58.3 Å². The second kappa shape index (κ2) is 9.49. The first kappa shape index (κ1) is 20.8. The van der Waals surface area contributed by atoms with E-state index in [0.717, 1.165) is 53.9 Å².